The maximum atomic E-state index is 8.78. The Bertz CT molecular complexity index is 525. The van der Waals surface area contributed by atoms with Crippen molar-refractivity contribution in [2.24, 2.45) is 0 Å². The van der Waals surface area contributed by atoms with Crippen molar-refractivity contribution in [1.29, 1.82) is 5.26 Å². The molecular formula is C11H12N6. The third-order valence-electron chi connectivity index (χ3n) is 2.24. The highest BCUT2D eigenvalue weighted by molar-refractivity contribution is 5.54. The Kier molecular flexibility index (Phi) is 3.21. The molecule has 0 amide bonds. The number of pyridine rings is 1. The van der Waals surface area contributed by atoms with Gasteiger partial charge in [0.05, 0.1) is 12.2 Å². The zero-order chi connectivity index (χ0) is 12.1. The second kappa shape index (κ2) is 4.99. The van der Waals surface area contributed by atoms with Crippen LogP contribution in [0.4, 0.5) is 11.5 Å². The largest absolute Gasteiger partial charge is 0.396 e. The van der Waals surface area contributed by atoms with E-state index in [2.05, 4.69) is 15.4 Å². The first-order valence-corrected chi connectivity index (χ1v) is 5.17. The molecule has 0 radical (unpaired) electrons. The summed E-state index contributed by atoms with van der Waals surface area (Å²) in [5.41, 5.74) is 6.22. The summed E-state index contributed by atoms with van der Waals surface area (Å²) in [6.45, 7) is 1.42. The number of aromatic nitrogens is 3. The van der Waals surface area contributed by atoms with Gasteiger partial charge in [-0.05, 0) is 18.2 Å². The molecule has 2 rings (SSSR count). The SMILES string of the molecule is N#Cc1nc(NCCn2cccn2)ccc1N. The Morgan fingerprint density at radius 1 is 1.47 bits per heavy atom. The van der Waals surface area contributed by atoms with Gasteiger partial charge in [0.25, 0.3) is 0 Å². The fourth-order valence-electron chi connectivity index (χ4n) is 1.39. The quantitative estimate of drug-likeness (QED) is 0.809. The number of hydrogen-bond donors (Lipinski definition) is 2. The third-order valence-corrected chi connectivity index (χ3v) is 2.24. The van der Waals surface area contributed by atoms with Crippen LogP contribution in [-0.2, 0) is 6.54 Å². The van der Waals surface area contributed by atoms with Crippen LogP contribution in [-0.4, -0.2) is 21.3 Å². The van der Waals surface area contributed by atoms with Crippen LogP contribution in [0.15, 0.2) is 30.6 Å². The predicted octanol–water partition coefficient (Wildman–Crippen LogP) is 0.844. The predicted molar refractivity (Wildman–Crippen MR) is 64.1 cm³/mol. The molecule has 2 aromatic heterocycles. The van der Waals surface area contributed by atoms with E-state index >= 15 is 0 Å². The molecule has 0 bridgehead atoms. The molecule has 0 aliphatic carbocycles. The summed E-state index contributed by atoms with van der Waals surface area (Å²) in [5, 5.41) is 16.0. The molecule has 0 spiro atoms. The van der Waals surface area contributed by atoms with Gasteiger partial charge in [0.15, 0.2) is 5.69 Å². The lowest BCUT2D eigenvalue weighted by Gasteiger charge is -2.06. The van der Waals surface area contributed by atoms with Crippen LogP contribution < -0.4 is 11.1 Å². The Hall–Kier alpha value is -2.55. The van der Waals surface area contributed by atoms with Gasteiger partial charge in [-0.1, -0.05) is 0 Å². The highest BCUT2D eigenvalue weighted by Gasteiger charge is 2.01. The fourth-order valence-corrected chi connectivity index (χ4v) is 1.39. The Morgan fingerprint density at radius 3 is 3.06 bits per heavy atom. The van der Waals surface area contributed by atoms with Gasteiger partial charge in [-0.25, -0.2) is 4.98 Å². The van der Waals surface area contributed by atoms with Gasteiger partial charge < -0.3 is 11.1 Å². The number of anilines is 2. The third kappa shape index (κ3) is 2.72. The summed E-state index contributed by atoms with van der Waals surface area (Å²) < 4.78 is 1.81. The molecule has 2 aromatic rings. The van der Waals surface area contributed by atoms with Gasteiger partial charge in [-0.2, -0.15) is 10.4 Å². The molecule has 0 aromatic carbocycles. The minimum Gasteiger partial charge on any atom is -0.396 e. The number of nitrogen functional groups attached to an aromatic ring is 1. The van der Waals surface area contributed by atoms with E-state index in [1.54, 1.807) is 18.3 Å². The molecule has 0 aliphatic rings. The van der Waals surface area contributed by atoms with Gasteiger partial charge in [0.2, 0.25) is 0 Å². The minimum absolute atomic E-state index is 0.245. The molecule has 6 nitrogen and oxygen atoms in total. The van der Waals surface area contributed by atoms with Crippen LogP contribution in [0.3, 0.4) is 0 Å². The van der Waals surface area contributed by atoms with E-state index in [-0.39, 0.29) is 5.69 Å². The zero-order valence-corrected chi connectivity index (χ0v) is 9.17. The minimum atomic E-state index is 0.245. The van der Waals surface area contributed by atoms with Crippen LogP contribution >= 0.6 is 0 Å². The van der Waals surface area contributed by atoms with Gasteiger partial charge in [-0.3, -0.25) is 4.68 Å². The Labute approximate surface area is 98.7 Å². The Morgan fingerprint density at radius 2 is 2.35 bits per heavy atom. The fraction of sp³-hybridized carbons (Fsp3) is 0.182. The lowest BCUT2D eigenvalue weighted by atomic mass is 10.3. The van der Waals surface area contributed by atoms with E-state index in [1.165, 1.54) is 0 Å². The molecule has 0 atom stereocenters. The number of rotatable bonds is 4. The first kappa shape index (κ1) is 11.0. The highest BCUT2D eigenvalue weighted by atomic mass is 15.3. The maximum absolute atomic E-state index is 8.78. The summed E-state index contributed by atoms with van der Waals surface area (Å²) in [6.07, 6.45) is 3.62. The van der Waals surface area contributed by atoms with E-state index in [4.69, 9.17) is 11.0 Å². The van der Waals surface area contributed by atoms with E-state index in [1.807, 2.05) is 23.0 Å². The standard InChI is InChI=1S/C11H12N6/c12-8-10-9(13)2-3-11(16-10)14-5-7-17-6-1-4-15-17/h1-4,6H,5,7,13H2,(H,14,16). The summed E-state index contributed by atoms with van der Waals surface area (Å²) in [5.74, 6) is 0.642. The van der Waals surface area contributed by atoms with Gasteiger partial charge in [-0.15, -0.1) is 0 Å². The number of nitrogens with two attached hydrogens (primary N) is 1. The lowest BCUT2D eigenvalue weighted by molar-refractivity contribution is 0.637. The van der Waals surface area contributed by atoms with Crippen molar-refractivity contribution < 1.29 is 0 Å². The molecule has 0 saturated carbocycles. The Balaban J connectivity index is 1.93. The molecule has 0 unspecified atom stereocenters. The summed E-state index contributed by atoms with van der Waals surface area (Å²) in [6, 6.07) is 7.23. The monoisotopic (exact) mass is 228 g/mol. The van der Waals surface area contributed by atoms with Crippen LogP contribution in [0.2, 0.25) is 0 Å². The lowest BCUT2D eigenvalue weighted by Crippen LogP contribution is -2.12. The summed E-state index contributed by atoms with van der Waals surface area (Å²) >= 11 is 0. The molecule has 0 aliphatic heterocycles. The first-order chi connectivity index (χ1) is 8.29. The van der Waals surface area contributed by atoms with Crippen LogP contribution in [0, 0.1) is 11.3 Å². The van der Waals surface area contributed by atoms with Crippen molar-refractivity contribution in [2.45, 2.75) is 6.54 Å². The molecule has 86 valence electrons. The average molecular weight is 228 g/mol. The number of nitriles is 1. The molecule has 0 saturated heterocycles. The highest BCUT2D eigenvalue weighted by Crippen LogP contribution is 2.11. The van der Waals surface area contributed by atoms with E-state index in [9.17, 15) is 0 Å². The number of nitrogens with one attached hydrogen (secondary N) is 1. The molecule has 3 N–H and O–H groups in total. The molecule has 2 heterocycles. The normalized spacial score (nSPS) is 9.82. The maximum Gasteiger partial charge on any atom is 0.165 e. The van der Waals surface area contributed by atoms with Crippen LogP contribution in [0.1, 0.15) is 5.69 Å². The van der Waals surface area contributed by atoms with E-state index < -0.39 is 0 Å². The van der Waals surface area contributed by atoms with E-state index in [0.29, 0.717) is 18.1 Å². The number of hydrogen-bond acceptors (Lipinski definition) is 5. The van der Waals surface area contributed by atoms with Crippen molar-refractivity contribution in [3.05, 3.63) is 36.3 Å². The van der Waals surface area contributed by atoms with E-state index in [0.717, 1.165) is 6.54 Å². The smallest absolute Gasteiger partial charge is 0.165 e. The van der Waals surface area contributed by atoms with Gasteiger partial charge in [0, 0.05) is 18.9 Å². The molecule has 6 heteroatoms. The second-order valence-corrected chi connectivity index (χ2v) is 3.44. The average Bonchev–Trinajstić information content (AvgIpc) is 2.84. The van der Waals surface area contributed by atoms with Gasteiger partial charge >= 0.3 is 0 Å². The van der Waals surface area contributed by atoms with Crippen molar-refractivity contribution in [1.82, 2.24) is 14.8 Å². The first-order valence-electron chi connectivity index (χ1n) is 5.17. The van der Waals surface area contributed by atoms with Crippen molar-refractivity contribution in [3.63, 3.8) is 0 Å². The summed E-state index contributed by atoms with van der Waals surface area (Å²) in [7, 11) is 0. The molecular weight excluding hydrogens is 216 g/mol. The van der Waals surface area contributed by atoms with Crippen molar-refractivity contribution >= 4 is 11.5 Å². The second-order valence-electron chi connectivity index (χ2n) is 3.44. The van der Waals surface area contributed by atoms with Crippen LogP contribution in [0.25, 0.3) is 0 Å². The van der Waals surface area contributed by atoms with Crippen molar-refractivity contribution in [2.75, 3.05) is 17.6 Å². The van der Waals surface area contributed by atoms with Gasteiger partial charge in [0.1, 0.15) is 11.9 Å². The number of nitrogens with zero attached hydrogens (tertiary/aromatic N) is 4. The topological polar surface area (TPSA) is 92.5 Å². The summed E-state index contributed by atoms with van der Waals surface area (Å²) in [4.78, 5) is 4.08. The molecule has 17 heavy (non-hydrogen) atoms. The van der Waals surface area contributed by atoms with Crippen molar-refractivity contribution in [3.8, 4) is 6.07 Å². The molecule has 0 fully saturated rings. The zero-order valence-electron chi connectivity index (χ0n) is 9.17. The van der Waals surface area contributed by atoms with Crippen LogP contribution in [0.5, 0.6) is 0 Å².